The molecular formula is C21H26ClN3O2S. The molecule has 1 N–H and O–H groups in total. The van der Waals surface area contributed by atoms with Crippen molar-refractivity contribution in [1.82, 2.24) is 15.3 Å². The first-order chi connectivity index (χ1) is 13.5. The number of thioether (sulfide) groups is 1. The molecular weight excluding hydrogens is 394 g/mol. The van der Waals surface area contributed by atoms with Crippen molar-refractivity contribution >= 4 is 29.3 Å². The molecule has 0 spiro atoms. The van der Waals surface area contributed by atoms with Crippen molar-refractivity contribution in [3.63, 3.8) is 0 Å². The zero-order valence-electron chi connectivity index (χ0n) is 16.2. The van der Waals surface area contributed by atoms with Crippen molar-refractivity contribution in [1.29, 1.82) is 0 Å². The quantitative estimate of drug-likeness (QED) is 0.660. The Balaban J connectivity index is 1.40. The Kier molecular flexibility index (Phi) is 7.57. The number of benzene rings is 1. The van der Waals surface area contributed by atoms with Gasteiger partial charge in [0, 0.05) is 16.2 Å². The van der Waals surface area contributed by atoms with Gasteiger partial charge in [0.15, 0.2) is 0 Å². The number of hydrogen-bond donors (Lipinski definition) is 1. The largest absolute Gasteiger partial charge is 0.460 e. The van der Waals surface area contributed by atoms with Gasteiger partial charge in [0.05, 0.1) is 23.8 Å². The van der Waals surface area contributed by atoms with Gasteiger partial charge in [-0.15, -0.1) is 11.8 Å². The SMILES string of the molecule is CC(C)Sc1ccc(CC(=O)NC2CCC(Oc3ncc(Cl)cn3)CC2)cc1. The normalized spacial score (nSPS) is 19.4. The molecule has 28 heavy (non-hydrogen) atoms. The monoisotopic (exact) mass is 419 g/mol. The summed E-state index contributed by atoms with van der Waals surface area (Å²) >= 11 is 7.61. The summed E-state index contributed by atoms with van der Waals surface area (Å²) in [5.74, 6) is 0.0784. The second-order valence-corrected chi connectivity index (χ2v) is 9.42. The highest BCUT2D eigenvalue weighted by atomic mass is 35.5. The van der Waals surface area contributed by atoms with Crippen LogP contribution in [0.4, 0.5) is 0 Å². The second-order valence-electron chi connectivity index (χ2n) is 7.33. The molecule has 0 atom stereocenters. The molecule has 7 heteroatoms. The Labute approximate surface area is 175 Å². The zero-order valence-corrected chi connectivity index (χ0v) is 17.8. The van der Waals surface area contributed by atoms with Crippen molar-refractivity contribution in [2.75, 3.05) is 0 Å². The van der Waals surface area contributed by atoms with Crippen LogP contribution in [0.15, 0.2) is 41.6 Å². The first-order valence-electron chi connectivity index (χ1n) is 9.67. The molecule has 1 aliphatic carbocycles. The first-order valence-corrected chi connectivity index (χ1v) is 10.9. The molecule has 150 valence electrons. The number of carbonyl (C=O) groups excluding carboxylic acids is 1. The molecule has 3 rings (SSSR count). The Morgan fingerprint density at radius 3 is 2.43 bits per heavy atom. The molecule has 0 radical (unpaired) electrons. The smallest absolute Gasteiger partial charge is 0.316 e. The number of nitrogens with zero attached hydrogens (tertiary/aromatic N) is 2. The van der Waals surface area contributed by atoms with Crippen LogP contribution < -0.4 is 10.1 Å². The minimum Gasteiger partial charge on any atom is -0.460 e. The van der Waals surface area contributed by atoms with Crippen LogP contribution in [0, 0.1) is 0 Å². The van der Waals surface area contributed by atoms with Crippen LogP contribution in [0.2, 0.25) is 5.02 Å². The van der Waals surface area contributed by atoms with Crippen molar-refractivity contribution in [3.05, 3.63) is 47.2 Å². The fourth-order valence-corrected chi connectivity index (χ4v) is 4.19. The lowest BCUT2D eigenvalue weighted by Crippen LogP contribution is -2.40. The molecule has 1 aliphatic rings. The lowest BCUT2D eigenvalue weighted by molar-refractivity contribution is -0.121. The Bertz CT molecular complexity index is 760. The highest BCUT2D eigenvalue weighted by molar-refractivity contribution is 7.99. The molecule has 1 saturated carbocycles. The number of nitrogens with one attached hydrogen (secondary N) is 1. The molecule has 5 nitrogen and oxygen atoms in total. The summed E-state index contributed by atoms with van der Waals surface area (Å²) in [6.45, 7) is 4.35. The van der Waals surface area contributed by atoms with E-state index in [2.05, 4.69) is 41.3 Å². The summed E-state index contributed by atoms with van der Waals surface area (Å²) in [6, 6.07) is 8.83. The number of ether oxygens (including phenoxy) is 1. The summed E-state index contributed by atoms with van der Waals surface area (Å²) in [6.07, 6.45) is 7.10. The maximum Gasteiger partial charge on any atom is 0.316 e. The van der Waals surface area contributed by atoms with Crippen LogP contribution in [0.3, 0.4) is 0 Å². The summed E-state index contributed by atoms with van der Waals surface area (Å²) in [4.78, 5) is 21.7. The van der Waals surface area contributed by atoms with Crippen LogP contribution in [0.1, 0.15) is 45.1 Å². The van der Waals surface area contributed by atoms with Crippen molar-refractivity contribution in [2.45, 2.75) is 68.2 Å². The molecule has 1 amide bonds. The number of carbonyl (C=O) groups is 1. The number of hydrogen-bond acceptors (Lipinski definition) is 5. The fraction of sp³-hybridized carbons (Fsp3) is 0.476. The lowest BCUT2D eigenvalue weighted by Gasteiger charge is -2.28. The minimum atomic E-state index is 0.0784. The average molecular weight is 420 g/mol. The highest BCUT2D eigenvalue weighted by Crippen LogP contribution is 2.24. The van der Waals surface area contributed by atoms with Gasteiger partial charge in [-0.1, -0.05) is 37.6 Å². The standard InChI is InChI=1S/C21H26ClN3O2S/c1-14(2)28-19-9-3-15(4-10-19)11-20(26)25-17-5-7-18(8-6-17)27-21-23-12-16(22)13-24-21/h3-4,9-10,12-14,17-18H,5-8,11H2,1-2H3,(H,25,26). The number of aromatic nitrogens is 2. The van der Waals surface area contributed by atoms with E-state index in [9.17, 15) is 4.79 Å². The van der Waals surface area contributed by atoms with Gasteiger partial charge in [-0.05, 0) is 43.4 Å². The van der Waals surface area contributed by atoms with Gasteiger partial charge >= 0.3 is 6.01 Å². The van der Waals surface area contributed by atoms with E-state index in [1.807, 2.05) is 23.9 Å². The third kappa shape index (κ3) is 6.67. The topological polar surface area (TPSA) is 64.1 Å². The van der Waals surface area contributed by atoms with Crippen LogP contribution in [0.5, 0.6) is 6.01 Å². The van der Waals surface area contributed by atoms with Gasteiger partial charge in [0.25, 0.3) is 0 Å². The maximum absolute atomic E-state index is 12.4. The predicted molar refractivity (Wildman–Crippen MR) is 113 cm³/mol. The fourth-order valence-electron chi connectivity index (χ4n) is 3.26. The van der Waals surface area contributed by atoms with E-state index in [-0.39, 0.29) is 18.1 Å². The van der Waals surface area contributed by atoms with E-state index in [4.69, 9.17) is 16.3 Å². The molecule has 1 heterocycles. The number of amides is 1. The molecule has 1 aromatic heterocycles. The second kappa shape index (κ2) is 10.1. The van der Waals surface area contributed by atoms with Gasteiger partial charge in [-0.25, -0.2) is 9.97 Å². The lowest BCUT2D eigenvalue weighted by atomic mass is 9.93. The third-order valence-corrected chi connectivity index (χ3v) is 5.78. The van der Waals surface area contributed by atoms with Crippen molar-refractivity contribution in [2.24, 2.45) is 0 Å². The van der Waals surface area contributed by atoms with E-state index in [0.717, 1.165) is 31.2 Å². The molecule has 0 bridgehead atoms. The van der Waals surface area contributed by atoms with Crippen LogP contribution in [0.25, 0.3) is 0 Å². The zero-order chi connectivity index (χ0) is 19.9. The summed E-state index contributed by atoms with van der Waals surface area (Å²) in [7, 11) is 0. The van der Waals surface area contributed by atoms with Gasteiger partial charge < -0.3 is 10.1 Å². The van der Waals surface area contributed by atoms with Gasteiger partial charge in [-0.2, -0.15) is 0 Å². The number of halogens is 1. The maximum atomic E-state index is 12.4. The van der Waals surface area contributed by atoms with Gasteiger partial charge in [0.1, 0.15) is 6.10 Å². The Morgan fingerprint density at radius 2 is 1.82 bits per heavy atom. The molecule has 0 aliphatic heterocycles. The highest BCUT2D eigenvalue weighted by Gasteiger charge is 2.24. The Hall–Kier alpha value is -1.79. The molecule has 1 aromatic carbocycles. The summed E-state index contributed by atoms with van der Waals surface area (Å²) in [5, 5.41) is 4.21. The van der Waals surface area contributed by atoms with Crippen LogP contribution >= 0.6 is 23.4 Å². The van der Waals surface area contributed by atoms with E-state index in [1.54, 1.807) is 0 Å². The minimum absolute atomic E-state index is 0.0784. The van der Waals surface area contributed by atoms with Crippen LogP contribution in [-0.4, -0.2) is 33.3 Å². The summed E-state index contributed by atoms with van der Waals surface area (Å²) in [5.41, 5.74) is 1.04. The first kappa shape index (κ1) is 20.9. The van der Waals surface area contributed by atoms with E-state index in [0.29, 0.717) is 22.7 Å². The van der Waals surface area contributed by atoms with Crippen molar-refractivity contribution in [3.8, 4) is 6.01 Å². The molecule has 2 aromatic rings. The van der Waals surface area contributed by atoms with Crippen LogP contribution in [-0.2, 0) is 11.2 Å². The molecule has 1 fully saturated rings. The van der Waals surface area contributed by atoms with E-state index >= 15 is 0 Å². The number of rotatable bonds is 7. The molecule has 0 saturated heterocycles. The summed E-state index contributed by atoms with van der Waals surface area (Å²) < 4.78 is 5.80. The van der Waals surface area contributed by atoms with Crippen molar-refractivity contribution < 1.29 is 9.53 Å². The predicted octanol–water partition coefficient (Wildman–Crippen LogP) is 4.68. The van der Waals surface area contributed by atoms with E-state index in [1.165, 1.54) is 17.3 Å². The van der Waals surface area contributed by atoms with Gasteiger partial charge in [-0.3, -0.25) is 4.79 Å². The van der Waals surface area contributed by atoms with Gasteiger partial charge in [0.2, 0.25) is 5.91 Å². The third-order valence-electron chi connectivity index (χ3n) is 4.57. The average Bonchev–Trinajstić information content (AvgIpc) is 2.66. The molecule has 0 unspecified atom stereocenters. The van der Waals surface area contributed by atoms with E-state index < -0.39 is 0 Å². The Morgan fingerprint density at radius 1 is 1.18 bits per heavy atom.